The van der Waals surface area contributed by atoms with Crippen LogP contribution in [-0.4, -0.2) is 20.7 Å². The van der Waals surface area contributed by atoms with Crippen LogP contribution in [-0.2, 0) is 11.3 Å². The number of rotatable bonds is 6. The van der Waals surface area contributed by atoms with Gasteiger partial charge in [0.25, 0.3) is 0 Å². The van der Waals surface area contributed by atoms with Gasteiger partial charge in [0, 0.05) is 35.8 Å². The average Bonchev–Trinajstić information content (AvgIpc) is 3.00. The molecule has 0 saturated heterocycles. The van der Waals surface area contributed by atoms with Crippen LogP contribution in [0, 0.1) is 6.92 Å². The minimum Gasteiger partial charge on any atom is -0.309 e. The van der Waals surface area contributed by atoms with Crippen LogP contribution in [0.15, 0.2) is 16.2 Å². The molecule has 0 fully saturated rings. The third kappa shape index (κ3) is 4.04. The molecular weight excluding hydrogens is 288 g/mol. The van der Waals surface area contributed by atoms with E-state index in [0.29, 0.717) is 31.1 Å². The average molecular weight is 308 g/mol. The number of nitrogens with one attached hydrogen (secondary N) is 2. The number of hydrogen-bond donors (Lipinski definition) is 2. The molecule has 0 saturated carbocycles. The van der Waals surface area contributed by atoms with Crippen LogP contribution < -0.4 is 10.2 Å². The summed E-state index contributed by atoms with van der Waals surface area (Å²) in [4.78, 5) is 23.4. The second-order valence-corrected chi connectivity index (χ2v) is 6.13. The summed E-state index contributed by atoms with van der Waals surface area (Å²) in [6.45, 7) is 6.58. The molecule has 1 amide bonds. The van der Waals surface area contributed by atoms with Crippen LogP contribution in [0.4, 0.5) is 5.82 Å². The van der Waals surface area contributed by atoms with Gasteiger partial charge in [0.1, 0.15) is 0 Å². The molecule has 2 rings (SSSR count). The Kier molecular flexibility index (Phi) is 4.95. The normalized spacial score (nSPS) is 11.0. The molecule has 0 spiro atoms. The first-order chi connectivity index (χ1) is 9.97. The fraction of sp³-hybridized carbons (Fsp3) is 0.500. The van der Waals surface area contributed by atoms with Crippen molar-refractivity contribution in [3.05, 3.63) is 32.5 Å². The molecular formula is C14H20N4O2S. The number of hydrogen-bond acceptors (Lipinski definition) is 4. The number of thiazole rings is 1. The summed E-state index contributed by atoms with van der Waals surface area (Å²) >= 11 is 1.19. The molecule has 114 valence electrons. The van der Waals surface area contributed by atoms with Gasteiger partial charge in [0.15, 0.2) is 5.82 Å². The molecule has 2 heterocycles. The van der Waals surface area contributed by atoms with Crippen molar-refractivity contribution in [1.29, 1.82) is 0 Å². The maximum atomic E-state index is 11.8. The van der Waals surface area contributed by atoms with Gasteiger partial charge in [0.2, 0.25) is 5.91 Å². The van der Waals surface area contributed by atoms with Crippen molar-refractivity contribution in [2.24, 2.45) is 0 Å². The molecule has 0 atom stereocenters. The number of carbonyl (C=O) groups is 1. The zero-order chi connectivity index (χ0) is 15.4. The van der Waals surface area contributed by atoms with Crippen LogP contribution in [0.2, 0.25) is 0 Å². The van der Waals surface area contributed by atoms with Crippen molar-refractivity contribution in [2.45, 2.75) is 46.1 Å². The maximum Gasteiger partial charge on any atom is 0.307 e. The summed E-state index contributed by atoms with van der Waals surface area (Å²) in [5.41, 5.74) is 1.94. The van der Waals surface area contributed by atoms with Gasteiger partial charge in [-0.1, -0.05) is 25.2 Å². The van der Waals surface area contributed by atoms with Crippen molar-refractivity contribution < 1.29 is 4.79 Å². The van der Waals surface area contributed by atoms with Gasteiger partial charge >= 0.3 is 4.87 Å². The lowest BCUT2D eigenvalue weighted by Crippen LogP contribution is -2.17. The van der Waals surface area contributed by atoms with Crippen LogP contribution in [0.1, 0.15) is 44.0 Å². The minimum absolute atomic E-state index is 0.0294. The number of aromatic amines is 1. The van der Waals surface area contributed by atoms with Crippen LogP contribution >= 0.6 is 11.3 Å². The van der Waals surface area contributed by atoms with E-state index in [1.807, 2.05) is 18.4 Å². The van der Waals surface area contributed by atoms with E-state index in [1.165, 1.54) is 11.3 Å². The van der Waals surface area contributed by atoms with E-state index in [9.17, 15) is 9.59 Å². The number of anilines is 1. The molecule has 2 aromatic rings. The molecule has 2 aromatic heterocycles. The number of amides is 1. The van der Waals surface area contributed by atoms with Gasteiger partial charge in [-0.05, 0) is 19.3 Å². The summed E-state index contributed by atoms with van der Waals surface area (Å²) < 4.78 is 1.70. The summed E-state index contributed by atoms with van der Waals surface area (Å²) in [6.07, 6.45) is 0.996. The molecule has 0 radical (unpaired) electrons. The van der Waals surface area contributed by atoms with E-state index in [-0.39, 0.29) is 10.8 Å². The second-order valence-electron chi connectivity index (χ2n) is 5.31. The zero-order valence-corrected chi connectivity index (χ0v) is 13.3. The highest BCUT2D eigenvalue weighted by molar-refractivity contribution is 7.07. The topological polar surface area (TPSA) is 79.8 Å². The zero-order valence-electron chi connectivity index (χ0n) is 12.5. The van der Waals surface area contributed by atoms with Gasteiger partial charge in [-0.2, -0.15) is 5.10 Å². The molecule has 0 unspecified atom stereocenters. The Morgan fingerprint density at radius 1 is 1.52 bits per heavy atom. The van der Waals surface area contributed by atoms with Crippen molar-refractivity contribution in [1.82, 2.24) is 14.8 Å². The van der Waals surface area contributed by atoms with Crippen LogP contribution in [0.3, 0.4) is 0 Å². The van der Waals surface area contributed by atoms with E-state index in [1.54, 1.807) is 4.57 Å². The lowest BCUT2D eigenvalue weighted by Gasteiger charge is -2.04. The number of aryl methyl sites for hydroxylation is 1. The summed E-state index contributed by atoms with van der Waals surface area (Å²) in [5.74, 6) is 0.807. The lowest BCUT2D eigenvalue weighted by molar-refractivity contribution is -0.116. The van der Waals surface area contributed by atoms with E-state index in [2.05, 4.69) is 29.4 Å². The van der Waals surface area contributed by atoms with Crippen molar-refractivity contribution in [2.75, 3.05) is 5.32 Å². The number of carbonyl (C=O) groups excluding carboxylic acids is 1. The third-order valence-corrected chi connectivity index (χ3v) is 4.13. The van der Waals surface area contributed by atoms with Gasteiger partial charge in [-0.15, -0.1) is 0 Å². The highest BCUT2D eigenvalue weighted by atomic mass is 32.1. The summed E-state index contributed by atoms with van der Waals surface area (Å²) in [6, 6.07) is 1.84. The quantitative estimate of drug-likeness (QED) is 0.860. The number of nitrogens with zero attached hydrogens (tertiary/aromatic N) is 2. The smallest absolute Gasteiger partial charge is 0.307 e. The predicted octanol–water partition coefficient (Wildman–Crippen LogP) is 2.48. The molecule has 21 heavy (non-hydrogen) atoms. The molecule has 0 aliphatic rings. The first-order valence-electron chi connectivity index (χ1n) is 6.97. The second kappa shape index (κ2) is 6.71. The largest absolute Gasteiger partial charge is 0.309 e. The Labute approximate surface area is 127 Å². The first kappa shape index (κ1) is 15.5. The Morgan fingerprint density at radius 3 is 2.86 bits per heavy atom. The number of aromatic nitrogens is 3. The van der Waals surface area contributed by atoms with Crippen molar-refractivity contribution >= 4 is 23.1 Å². The first-order valence-corrected chi connectivity index (χ1v) is 7.85. The number of H-pyrrole nitrogens is 1. The van der Waals surface area contributed by atoms with E-state index >= 15 is 0 Å². The SMILES string of the molecule is Cc1csc(=O)n1CCCC(=O)Nc1cc(C(C)C)[nH]n1. The highest BCUT2D eigenvalue weighted by Crippen LogP contribution is 2.15. The fourth-order valence-electron chi connectivity index (χ4n) is 1.97. The Bertz CT molecular complexity index is 669. The monoisotopic (exact) mass is 308 g/mol. The van der Waals surface area contributed by atoms with Gasteiger partial charge in [0.05, 0.1) is 0 Å². The lowest BCUT2D eigenvalue weighted by atomic mass is 10.1. The van der Waals surface area contributed by atoms with Crippen LogP contribution in [0.25, 0.3) is 0 Å². The van der Waals surface area contributed by atoms with E-state index in [0.717, 1.165) is 11.4 Å². The predicted molar refractivity (Wildman–Crippen MR) is 83.9 cm³/mol. The van der Waals surface area contributed by atoms with Gasteiger partial charge < -0.3 is 9.88 Å². The standard InChI is InChI=1S/C14H20N4O2S/c1-9(2)11-7-12(17-16-11)15-13(19)5-4-6-18-10(3)8-21-14(18)20/h7-9H,4-6H2,1-3H3,(H2,15,16,17,19). The Balaban J connectivity index is 1.81. The molecule has 7 heteroatoms. The maximum absolute atomic E-state index is 11.8. The molecule has 6 nitrogen and oxygen atoms in total. The van der Waals surface area contributed by atoms with Crippen LogP contribution in [0.5, 0.6) is 0 Å². The molecule has 0 bridgehead atoms. The molecule has 2 N–H and O–H groups in total. The minimum atomic E-state index is -0.0854. The van der Waals surface area contributed by atoms with E-state index in [4.69, 9.17) is 0 Å². The van der Waals surface area contributed by atoms with Crippen molar-refractivity contribution in [3.63, 3.8) is 0 Å². The fourth-order valence-corrected chi connectivity index (χ4v) is 2.74. The van der Waals surface area contributed by atoms with Gasteiger partial charge in [-0.3, -0.25) is 14.7 Å². The third-order valence-electron chi connectivity index (χ3n) is 3.25. The molecule has 0 aliphatic carbocycles. The summed E-state index contributed by atoms with van der Waals surface area (Å²) in [7, 11) is 0. The summed E-state index contributed by atoms with van der Waals surface area (Å²) in [5, 5.41) is 11.5. The molecule has 0 aromatic carbocycles. The van der Waals surface area contributed by atoms with Gasteiger partial charge in [-0.25, -0.2) is 0 Å². The Hall–Kier alpha value is -1.89. The van der Waals surface area contributed by atoms with Crippen molar-refractivity contribution in [3.8, 4) is 0 Å². The molecule has 0 aliphatic heterocycles. The van der Waals surface area contributed by atoms with E-state index < -0.39 is 0 Å². The Morgan fingerprint density at radius 2 is 2.29 bits per heavy atom. The highest BCUT2D eigenvalue weighted by Gasteiger charge is 2.09.